The van der Waals surface area contributed by atoms with Gasteiger partial charge in [0.15, 0.2) is 0 Å². The van der Waals surface area contributed by atoms with E-state index in [1.807, 2.05) is 32.0 Å². The highest BCUT2D eigenvalue weighted by atomic mass is 32.1. The van der Waals surface area contributed by atoms with Crippen LogP contribution in [0.1, 0.15) is 16.8 Å². The van der Waals surface area contributed by atoms with Crippen molar-refractivity contribution in [2.75, 3.05) is 13.7 Å². The van der Waals surface area contributed by atoms with Crippen molar-refractivity contribution in [1.29, 1.82) is 0 Å². The van der Waals surface area contributed by atoms with Gasteiger partial charge in [-0.1, -0.05) is 6.07 Å². The molecule has 0 spiro atoms. The van der Waals surface area contributed by atoms with Gasteiger partial charge < -0.3 is 9.53 Å². The van der Waals surface area contributed by atoms with E-state index < -0.39 is 0 Å². The zero-order chi connectivity index (χ0) is 14.1. The Bertz CT molecular complexity index is 495. The summed E-state index contributed by atoms with van der Waals surface area (Å²) in [4.78, 5) is 20.1. The van der Waals surface area contributed by atoms with E-state index in [9.17, 15) is 4.79 Å². The van der Waals surface area contributed by atoms with Gasteiger partial charge in [0, 0.05) is 31.2 Å². The second-order valence-electron chi connectivity index (χ2n) is 3.67. The minimum atomic E-state index is 0.414. The number of aryl methyl sites for hydroxylation is 1. The van der Waals surface area contributed by atoms with Crippen LogP contribution in [0.3, 0.4) is 0 Å². The Morgan fingerprint density at radius 2 is 2.16 bits per heavy atom. The van der Waals surface area contributed by atoms with Crippen LogP contribution in [0.2, 0.25) is 0 Å². The van der Waals surface area contributed by atoms with Crippen LogP contribution in [0, 0.1) is 6.92 Å². The van der Waals surface area contributed by atoms with Crippen molar-refractivity contribution in [1.82, 2.24) is 9.97 Å². The van der Waals surface area contributed by atoms with Gasteiger partial charge in [0.1, 0.15) is 12.0 Å². The zero-order valence-corrected chi connectivity index (χ0v) is 12.2. The maximum Gasteiger partial charge on any atom is 0.125 e. The van der Waals surface area contributed by atoms with Crippen LogP contribution in [0.25, 0.3) is 11.4 Å². The first-order valence-electron chi connectivity index (χ1n) is 6.03. The molecule has 2 aromatic heterocycles. The van der Waals surface area contributed by atoms with Crippen molar-refractivity contribution in [3.8, 4) is 11.4 Å². The number of carbonyl (C=O) groups is 1. The fourth-order valence-electron chi connectivity index (χ4n) is 1.39. The Labute approximate surface area is 117 Å². The van der Waals surface area contributed by atoms with Crippen LogP contribution < -0.4 is 0 Å². The summed E-state index contributed by atoms with van der Waals surface area (Å²) in [5, 5.41) is 0.965. The van der Waals surface area contributed by atoms with Gasteiger partial charge in [-0.05, 0) is 26.0 Å². The number of aldehydes is 1. The summed E-state index contributed by atoms with van der Waals surface area (Å²) >= 11 is 1.55. The molecule has 0 N–H and O–H groups in total. The molecule has 0 amide bonds. The Morgan fingerprint density at radius 1 is 1.42 bits per heavy atom. The molecule has 0 aliphatic heterocycles. The minimum Gasteiger partial charge on any atom is -0.385 e. The quantitative estimate of drug-likeness (QED) is 0.807. The SMILES string of the molecule is CCOC.Cc1nc(-c2ccccn2)c(CC=O)s1. The van der Waals surface area contributed by atoms with Gasteiger partial charge in [-0.25, -0.2) is 4.98 Å². The van der Waals surface area contributed by atoms with Crippen molar-refractivity contribution in [3.05, 3.63) is 34.3 Å². The largest absolute Gasteiger partial charge is 0.385 e. The summed E-state index contributed by atoms with van der Waals surface area (Å²) in [5.74, 6) is 0. The molecule has 0 saturated carbocycles. The summed E-state index contributed by atoms with van der Waals surface area (Å²) in [6.45, 7) is 4.71. The smallest absolute Gasteiger partial charge is 0.125 e. The first-order valence-corrected chi connectivity index (χ1v) is 6.84. The lowest BCUT2D eigenvalue weighted by atomic mass is 10.2. The lowest BCUT2D eigenvalue weighted by molar-refractivity contribution is -0.107. The van der Waals surface area contributed by atoms with Gasteiger partial charge >= 0.3 is 0 Å². The van der Waals surface area contributed by atoms with Crippen molar-refractivity contribution in [2.24, 2.45) is 0 Å². The third kappa shape index (κ3) is 4.89. The average molecular weight is 278 g/mol. The third-order valence-corrected chi connectivity index (χ3v) is 3.26. The molecule has 0 aromatic carbocycles. The Morgan fingerprint density at radius 3 is 2.68 bits per heavy atom. The fourth-order valence-corrected chi connectivity index (χ4v) is 2.28. The number of methoxy groups -OCH3 is 1. The van der Waals surface area contributed by atoms with E-state index in [-0.39, 0.29) is 0 Å². The van der Waals surface area contributed by atoms with Crippen LogP contribution in [0.15, 0.2) is 24.4 Å². The topological polar surface area (TPSA) is 52.1 Å². The molecule has 4 nitrogen and oxygen atoms in total. The molecule has 2 heterocycles. The van der Waals surface area contributed by atoms with Gasteiger partial charge in [-0.15, -0.1) is 11.3 Å². The highest BCUT2D eigenvalue weighted by Crippen LogP contribution is 2.26. The second-order valence-corrected chi connectivity index (χ2v) is 4.96. The number of rotatable bonds is 4. The van der Waals surface area contributed by atoms with Crippen LogP contribution >= 0.6 is 11.3 Å². The van der Waals surface area contributed by atoms with Gasteiger partial charge in [-0.3, -0.25) is 4.98 Å². The van der Waals surface area contributed by atoms with Crippen molar-refractivity contribution in [2.45, 2.75) is 20.3 Å². The molecule has 0 aliphatic rings. The molecule has 0 saturated heterocycles. The number of pyridine rings is 1. The number of aromatic nitrogens is 2. The van der Waals surface area contributed by atoms with Crippen molar-refractivity contribution < 1.29 is 9.53 Å². The van der Waals surface area contributed by atoms with E-state index in [1.165, 1.54) is 0 Å². The average Bonchev–Trinajstić information content (AvgIpc) is 2.81. The van der Waals surface area contributed by atoms with Gasteiger partial charge in [0.25, 0.3) is 0 Å². The summed E-state index contributed by atoms with van der Waals surface area (Å²) in [5.41, 5.74) is 1.67. The van der Waals surface area contributed by atoms with E-state index in [4.69, 9.17) is 0 Å². The summed E-state index contributed by atoms with van der Waals surface area (Å²) in [7, 11) is 1.68. The van der Waals surface area contributed by atoms with E-state index in [0.29, 0.717) is 6.42 Å². The van der Waals surface area contributed by atoms with Gasteiger partial charge in [0.2, 0.25) is 0 Å². The summed E-state index contributed by atoms with van der Waals surface area (Å²) in [6.07, 6.45) is 3.05. The molecule has 102 valence electrons. The monoisotopic (exact) mass is 278 g/mol. The van der Waals surface area contributed by atoms with E-state index >= 15 is 0 Å². The predicted molar refractivity (Wildman–Crippen MR) is 77.4 cm³/mol. The lowest BCUT2D eigenvalue weighted by Crippen LogP contribution is -1.89. The molecule has 0 aliphatic carbocycles. The number of thiazole rings is 1. The third-order valence-electron chi connectivity index (χ3n) is 2.27. The van der Waals surface area contributed by atoms with Crippen LogP contribution in [0.4, 0.5) is 0 Å². The predicted octanol–water partition coefficient (Wildman–Crippen LogP) is 2.91. The molecule has 2 aromatic rings. The molecule has 0 bridgehead atoms. The minimum absolute atomic E-state index is 0.414. The molecule has 2 rings (SSSR count). The normalized spacial score (nSPS) is 9.63. The Kier molecular flexibility index (Phi) is 6.92. The summed E-state index contributed by atoms with van der Waals surface area (Å²) in [6, 6.07) is 5.69. The first kappa shape index (κ1) is 15.5. The maximum absolute atomic E-state index is 10.5. The van der Waals surface area contributed by atoms with Crippen LogP contribution in [0.5, 0.6) is 0 Å². The summed E-state index contributed by atoms with van der Waals surface area (Å²) < 4.78 is 4.54. The number of hydrogen-bond donors (Lipinski definition) is 0. The van der Waals surface area contributed by atoms with Gasteiger partial charge in [-0.2, -0.15) is 0 Å². The molecular formula is C14H18N2O2S. The standard InChI is InChI=1S/C11H10N2OS.C3H8O/c1-8-13-11(10(15-8)5-7-14)9-4-2-3-6-12-9;1-3-4-2/h2-4,6-7H,5H2,1H3;3H2,1-2H3. The molecule has 0 fully saturated rings. The van der Waals surface area contributed by atoms with Crippen molar-refractivity contribution >= 4 is 17.6 Å². The molecule has 0 atom stereocenters. The number of carbonyl (C=O) groups excluding carboxylic acids is 1. The zero-order valence-electron chi connectivity index (χ0n) is 11.4. The second kappa shape index (κ2) is 8.50. The molecular weight excluding hydrogens is 260 g/mol. The Balaban J connectivity index is 0.000000399. The van der Waals surface area contributed by atoms with Gasteiger partial charge in [0.05, 0.1) is 10.7 Å². The first-order chi connectivity index (χ1) is 9.22. The lowest BCUT2D eigenvalue weighted by Gasteiger charge is -1.97. The number of hydrogen-bond acceptors (Lipinski definition) is 5. The van der Waals surface area contributed by atoms with E-state index in [1.54, 1.807) is 24.6 Å². The number of ether oxygens (including phenoxy) is 1. The van der Waals surface area contributed by atoms with E-state index in [2.05, 4.69) is 14.7 Å². The van der Waals surface area contributed by atoms with E-state index in [0.717, 1.165) is 34.2 Å². The Hall–Kier alpha value is -1.59. The highest BCUT2D eigenvalue weighted by molar-refractivity contribution is 7.12. The molecule has 0 radical (unpaired) electrons. The molecule has 0 unspecified atom stereocenters. The van der Waals surface area contributed by atoms with Crippen molar-refractivity contribution in [3.63, 3.8) is 0 Å². The van der Waals surface area contributed by atoms with Crippen LogP contribution in [-0.2, 0) is 16.0 Å². The van der Waals surface area contributed by atoms with Crippen LogP contribution in [-0.4, -0.2) is 30.0 Å². The maximum atomic E-state index is 10.5. The molecule has 19 heavy (non-hydrogen) atoms. The fraction of sp³-hybridized carbons (Fsp3) is 0.357. The highest BCUT2D eigenvalue weighted by Gasteiger charge is 2.11. The molecule has 5 heteroatoms. The number of nitrogens with zero attached hydrogens (tertiary/aromatic N) is 2.